The Balaban J connectivity index is 2.07. The monoisotopic (exact) mass is 385 g/mol. The minimum absolute atomic E-state index is 0.0289. The number of hydrogen-bond acceptors (Lipinski definition) is 3. The van der Waals surface area contributed by atoms with Crippen LogP contribution in [0.5, 0.6) is 0 Å². The van der Waals surface area contributed by atoms with Crippen LogP contribution in [0, 0.1) is 5.41 Å². The van der Waals surface area contributed by atoms with Gasteiger partial charge in [-0.25, -0.2) is 0 Å². The fourth-order valence-corrected chi connectivity index (χ4v) is 4.51. The Hall–Kier alpha value is -1.40. The molecule has 1 amide bonds. The van der Waals surface area contributed by atoms with Gasteiger partial charge in [0, 0.05) is 39.9 Å². The maximum Gasteiger partial charge on any atom is 0.303 e. The molecule has 1 aromatic rings. The van der Waals surface area contributed by atoms with Crippen molar-refractivity contribution in [2.45, 2.75) is 50.7 Å². The van der Waals surface area contributed by atoms with E-state index in [1.807, 2.05) is 0 Å². The molecule has 1 aromatic carbocycles. The van der Waals surface area contributed by atoms with Crippen molar-refractivity contribution in [2.75, 3.05) is 11.6 Å². The molecule has 0 aromatic heterocycles. The zero-order valence-electron chi connectivity index (χ0n) is 14.3. The summed E-state index contributed by atoms with van der Waals surface area (Å²) in [6.07, 6.45) is 6.40. The molecule has 0 spiro atoms. The molecule has 1 saturated carbocycles. The van der Waals surface area contributed by atoms with E-state index >= 15 is 0 Å². The molecule has 2 rings (SSSR count). The average Bonchev–Trinajstić information content (AvgIpc) is 2.50. The number of aliphatic carboxylic acids is 1. The van der Waals surface area contributed by atoms with Gasteiger partial charge < -0.3 is 10.4 Å². The van der Waals surface area contributed by atoms with E-state index in [1.165, 1.54) is 0 Å². The average molecular weight is 386 g/mol. The molecule has 0 bridgehead atoms. The highest BCUT2D eigenvalue weighted by atomic mass is 35.5. The number of hydrogen-bond donors (Lipinski definition) is 2. The number of carbonyl (C=O) groups excluding carboxylic acids is 1. The summed E-state index contributed by atoms with van der Waals surface area (Å²) in [6, 6.07) is 5.10. The molecule has 1 aliphatic carbocycles. The normalized spacial score (nSPS) is 17.7. The molecule has 0 heterocycles. The van der Waals surface area contributed by atoms with Gasteiger partial charge in [-0.2, -0.15) is 0 Å². The molecule has 2 N–H and O–H groups in total. The van der Waals surface area contributed by atoms with E-state index in [1.54, 1.807) is 24.5 Å². The second kappa shape index (κ2) is 8.81. The molecular weight excluding hydrogens is 362 g/mol. The molecule has 0 aliphatic heterocycles. The topological polar surface area (TPSA) is 83.5 Å². The van der Waals surface area contributed by atoms with Gasteiger partial charge in [0.15, 0.2) is 0 Å². The highest BCUT2D eigenvalue weighted by molar-refractivity contribution is 7.83. The van der Waals surface area contributed by atoms with Crippen LogP contribution in [0.1, 0.15) is 50.5 Å². The number of nitrogens with one attached hydrogen (secondary N) is 1. The summed E-state index contributed by atoms with van der Waals surface area (Å²) in [7, 11) is -1.03. The van der Waals surface area contributed by atoms with Crippen molar-refractivity contribution in [3.8, 4) is 0 Å². The predicted octanol–water partition coefficient (Wildman–Crippen LogP) is 3.97. The zero-order valence-corrected chi connectivity index (χ0v) is 15.9. The summed E-state index contributed by atoms with van der Waals surface area (Å²) in [6.45, 7) is 0. The zero-order chi connectivity index (χ0) is 18.4. The van der Waals surface area contributed by atoms with Crippen LogP contribution in [0.4, 0.5) is 5.69 Å². The summed E-state index contributed by atoms with van der Waals surface area (Å²) < 4.78 is 11.4. The van der Waals surface area contributed by atoms with Gasteiger partial charge in [-0.05, 0) is 42.0 Å². The summed E-state index contributed by atoms with van der Waals surface area (Å²) in [4.78, 5) is 23.7. The van der Waals surface area contributed by atoms with Gasteiger partial charge in [-0.1, -0.05) is 30.9 Å². The van der Waals surface area contributed by atoms with Crippen LogP contribution >= 0.6 is 11.6 Å². The molecule has 1 aliphatic rings. The van der Waals surface area contributed by atoms with Gasteiger partial charge in [0.25, 0.3) is 0 Å². The Kier molecular flexibility index (Phi) is 7.02. The first-order valence-electron chi connectivity index (χ1n) is 8.40. The Labute approximate surface area is 155 Å². The van der Waals surface area contributed by atoms with E-state index in [0.29, 0.717) is 16.5 Å². The van der Waals surface area contributed by atoms with Crippen molar-refractivity contribution in [3.05, 3.63) is 28.8 Å². The Morgan fingerprint density at radius 1 is 1.24 bits per heavy atom. The van der Waals surface area contributed by atoms with E-state index in [9.17, 15) is 18.9 Å². The number of anilines is 1. The van der Waals surface area contributed by atoms with Gasteiger partial charge in [0.2, 0.25) is 5.91 Å². The van der Waals surface area contributed by atoms with Gasteiger partial charge in [-0.3, -0.25) is 13.8 Å². The van der Waals surface area contributed by atoms with Crippen molar-refractivity contribution in [3.63, 3.8) is 0 Å². The minimum atomic E-state index is -1.03. The lowest BCUT2D eigenvalue weighted by molar-refractivity contribution is -0.140. The summed E-state index contributed by atoms with van der Waals surface area (Å²) in [5, 5.41) is 12.6. The Bertz CT molecular complexity index is 671. The van der Waals surface area contributed by atoms with Gasteiger partial charge in [0.05, 0.1) is 6.42 Å². The standard InChI is InChI=1S/C18H24ClNO4S/c1-25(24)12-13-9-14(5-6-15(13)19)20-16(21)10-18(11-17(22)23)7-3-2-4-8-18/h5-6,9H,2-4,7-8,10-12H2,1H3,(H,20,21)(H,22,23). The first-order valence-corrected chi connectivity index (χ1v) is 10.5. The molecule has 1 fully saturated rings. The number of halogens is 1. The number of carbonyl (C=O) groups is 2. The second-order valence-electron chi connectivity index (χ2n) is 6.88. The summed E-state index contributed by atoms with van der Waals surface area (Å²) in [5.74, 6) is -0.714. The van der Waals surface area contributed by atoms with Crippen LogP contribution in [-0.2, 0) is 26.1 Å². The third-order valence-corrected chi connectivity index (χ3v) is 5.75. The lowest BCUT2D eigenvalue weighted by Gasteiger charge is -2.35. The lowest BCUT2D eigenvalue weighted by Crippen LogP contribution is -2.32. The Morgan fingerprint density at radius 2 is 1.92 bits per heavy atom. The number of amides is 1. The van der Waals surface area contributed by atoms with Gasteiger partial charge in [-0.15, -0.1) is 0 Å². The first kappa shape index (κ1) is 19.9. The van der Waals surface area contributed by atoms with E-state index < -0.39 is 22.2 Å². The highest BCUT2D eigenvalue weighted by Gasteiger charge is 2.36. The van der Waals surface area contributed by atoms with Crippen molar-refractivity contribution in [2.24, 2.45) is 5.41 Å². The van der Waals surface area contributed by atoms with E-state index in [2.05, 4.69) is 5.32 Å². The number of carboxylic acid groups (broad SMARTS) is 1. The summed E-state index contributed by atoms with van der Waals surface area (Å²) >= 11 is 6.10. The minimum Gasteiger partial charge on any atom is -0.481 e. The number of rotatable bonds is 7. The first-order chi connectivity index (χ1) is 11.8. The fourth-order valence-electron chi connectivity index (χ4n) is 3.57. The lowest BCUT2D eigenvalue weighted by atomic mass is 9.69. The molecule has 0 saturated heterocycles. The third kappa shape index (κ3) is 6.12. The molecule has 0 radical (unpaired) electrons. The largest absolute Gasteiger partial charge is 0.481 e. The summed E-state index contributed by atoms with van der Waals surface area (Å²) in [5.41, 5.74) is 0.864. The smallest absolute Gasteiger partial charge is 0.303 e. The van der Waals surface area contributed by atoms with Crippen LogP contribution in [0.25, 0.3) is 0 Å². The maximum absolute atomic E-state index is 12.5. The molecular formula is C18H24ClNO4S. The quantitative estimate of drug-likeness (QED) is 0.743. The SMILES string of the molecule is CS(=O)Cc1cc(NC(=O)CC2(CC(=O)O)CCCCC2)ccc1Cl. The van der Waals surface area contributed by atoms with Gasteiger partial charge >= 0.3 is 5.97 Å². The predicted molar refractivity (Wildman–Crippen MR) is 100 cm³/mol. The molecule has 1 unspecified atom stereocenters. The van der Waals surface area contributed by atoms with E-state index in [0.717, 1.165) is 37.7 Å². The molecule has 138 valence electrons. The van der Waals surface area contributed by atoms with Crippen LogP contribution in [0.15, 0.2) is 18.2 Å². The third-order valence-electron chi connectivity index (χ3n) is 4.66. The molecule has 25 heavy (non-hydrogen) atoms. The van der Waals surface area contributed by atoms with Crippen molar-refractivity contribution < 1.29 is 18.9 Å². The molecule has 5 nitrogen and oxygen atoms in total. The number of carboxylic acids is 1. The van der Waals surface area contributed by atoms with Crippen LogP contribution in [0.2, 0.25) is 5.02 Å². The highest BCUT2D eigenvalue weighted by Crippen LogP contribution is 2.42. The fraction of sp³-hybridized carbons (Fsp3) is 0.556. The maximum atomic E-state index is 12.5. The van der Waals surface area contributed by atoms with Crippen LogP contribution in [-0.4, -0.2) is 27.4 Å². The van der Waals surface area contributed by atoms with E-state index in [-0.39, 0.29) is 18.7 Å². The Morgan fingerprint density at radius 3 is 2.52 bits per heavy atom. The van der Waals surface area contributed by atoms with Crippen LogP contribution < -0.4 is 5.32 Å². The van der Waals surface area contributed by atoms with E-state index in [4.69, 9.17) is 11.6 Å². The van der Waals surface area contributed by atoms with Crippen molar-refractivity contribution in [1.82, 2.24) is 0 Å². The second-order valence-corrected chi connectivity index (χ2v) is 8.72. The van der Waals surface area contributed by atoms with Gasteiger partial charge in [0.1, 0.15) is 0 Å². The van der Waals surface area contributed by atoms with Crippen molar-refractivity contribution >= 4 is 40.0 Å². The van der Waals surface area contributed by atoms with Crippen LogP contribution in [0.3, 0.4) is 0 Å². The van der Waals surface area contributed by atoms with Crippen molar-refractivity contribution in [1.29, 1.82) is 0 Å². The molecule has 7 heteroatoms. The number of benzene rings is 1. The molecule has 1 atom stereocenters.